The number of rotatable bonds is 5. The molecule has 2 aromatic carbocycles. The summed E-state index contributed by atoms with van der Waals surface area (Å²) in [5, 5.41) is 3.34. The first-order chi connectivity index (χ1) is 11.3. The molecule has 3 rings (SSSR count). The van der Waals surface area contributed by atoms with Gasteiger partial charge in [-0.1, -0.05) is 37.3 Å². The number of hydrogen-bond donors (Lipinski definition) is 1. The zero-order chi connectivity index (χ0) is 16.1. The van der Waals surface area contributed by atoms with Crippen LogP contribution in [-0.4, -0.2) is 19.0 Å². The molecule has 120 valence electrons. The van der Waals surface area contributed by atoms with Crippen molar-refractivity contribution in [2.24, 2.45) is 0 Å². The number of fused-ring (bicyclic) bond motifs is 1. The van der Waals surface area contributed by atoms with Crippen molar-refractivity contribution in [3.63, 3.8) is 0 Å². The summed E-state index contributed by atoms with van der Waals surface area (Å²) in [5.41, 5.74) is 4.79. The van der Waals surface area contributed by atoms with E-state index in [0.29, 0.717) is 13.0 Å². The zero-order valence-electron chi connectivity index (χ0n) is 13.7. The van der Waals surface area contributed by atoms with E-state index in [1.807, 2.05) is 17.0 Å². The quantitative estimate of drug-likeness (QED) is 0.904. The minimum absolute atomic E-state index is 0.204. The highest BCUT2D eigenvalue weighted by Crippen LogP contribution is 2.27. The van der Waals surface area contributed by atoms with Crippen LogP contribution in [0.3, 0.4) is 0 Å². The average molecular weight is 308 g/mol. The predicted molar refractivity (Wildman–Crippen MR) is 96.0 cm³/mol. The second-order valence-electron chi connectivity index (χ2n) is 6.00. The van der Waals surface area contributed by atoms with E-state index < -0.39 is 0 Å². The van der Waals surface area contributed by atoms with E-state index in [2.05, 4.69) is 48.6 Å². The zero-order valence-corrected chi connectivity index (χ0v) is 13.7. The number of para-hydroxylation sites is 1. The smallest absolute Gasteiger partial charge is 0.228 e. The van der Waals surface area contributed by atoms with Gasteiger partial charge in [-0.3, -0.25) is 4.79 Å². The van der Waals surface area contributed by atoms with Gasteiger partial charge < -0.3 is 10.2 Å². The maximum atomic E-state index is 12.5. The molecule has 1 aliphatic heterocycles. The topological polar surface area (TPSA) is 32.3 Å². The largest absolute Gasteiger partial charge is 0.385 e. The molecular formula is C20H24N2O. The Balaban J connectivity index is 1.55. The van der Waals surface area contributed by atoms with Crippen molar-refractivity contribution in [3.05, 3.63) is 59.7 Å². The van der Waals surface area contributed by atoms with E-state index in [4.69, 9.17) is 0 Å². The first kappa shape index (κ1) is 15.6. The molecule has 3 heteroatoms. The first-order valence-corrected chi connectivity index (χ1v) is 8.49. The van der Waals surface area contributed by atoms with Crippen LogP contribution in [-0.2, 0) is 17.6 Å². The Hall–Kier alpha value is -2.29. The summed E-state index contributed by atoms with van der Waals surface area (Å²) >= 11 is 0. The summed E-state index contributed by atoms with van der Waals surface area (Å²) in [6, 6.07) is 16.7. The summed E-state index contributed by atoms with van der Waals surface area (Å²) in [7, 11) is 0. The Bertz CT molecular complexity index is 664. The molecule has 0 bridgehead atoms. The van der Waals surface area contributed by atoms with Crippen LogP contribution in [0.5, 0.6) is 0 Å². The van der Waals surface area contributed by atoms with E-state index >= 15 is 0 Å². The van der Waals surface area contributed by atoms with Gasteiger partial charge in [0.25, 0.3) is 0 Å². The van der Waals surface area contributed by atoms with Gasteiger partial charge in [0.15, 0.2) is 0 Å². The number of nitrogens with one attached hydrogen (secondary N) is 1. The molecule has 2 aromatic rings. The van der Waals surface area contributed by atoms with Crippen LogP contribution in [0.15, 0.2) is 48.5 Å². The van der Waals surface area contributed by atoms with Gasteiger partial charge >= 0.3 is 0 Å². The number of hydrogen-bond acceptors (Lipinski definition) is 2. The van der Waals surface area contributed by atoms with Crippen LogP contribution in [0, 0.1) is 0 Å². The lowest BCUT2D eigenvalue weighted by atomic mass is 10.0. The lowest BCUT2D eigenvalue weighted by Crippen LogP contribution is -2.36. The summed E-state index contributed by atoms with van der Waals surface area (Å²) in [6.45, 7) is 3.65. The number of carbonyl (C=O) groups is 1. The normalized spacial score (nSPS) is 13.5. The Morgan fingerprint density at radius 2 is 1.91 bits per heavy atom. The third-order valence-electron chi connectivity index (χ3n) is 4.44. The maximum Gasteiger partial charge on any atom is 0.228 e. The van der Waals surface area contributed by atoms with Crippen molar-refractivity contribution in [3.8, 4) is 0 Å². The van der Waals surface area contributed by atoms with Gasteiger partial charge in [-0.15, -0.1) is 0 Å². The van der Waals surface area contributed by atoms with Crippen molar-refractivity contribution in [1.82, 2.24) is 0 Å². The average Bonchev–Trinajstić information content (AvgIpc) is 2.61. The highest BCUT2D eigenvalue weighted by Gasteiger charge is 2.21. The van der Waals surface area contributed by atoms with E-state index in [0.717, 1.165) is 37.2 Å². The number of anilines is 2. The maximum absolute atomic E-state index is 12.5. The van der Waals surface area contributed by atoms with Crippen molar-refractivity contribution in [2.75, 3.05) is 23.3 Å². The van der Waals surface area contributed by atoms with Gasteiger partial charge in [0, 0.05) is 30.9 Å². The van der Waals surface area contributed by atoms with E-state index in [-0.39, 0.29) is 5.91 Å². The number of aryl methyl sites for hydroxylation is 2. The summed E-state index contributed by atoms with van der Waals surface area (Å²) in [4.78, 5) is 14.5. The third kappa shape index (κ3) is 3.73. The fourth-order valence-electron chi connectivity index (χ4n) is 3.10. The molecule has 0 atom stereocenters. The Morgan fingerprint density at radius 3 is 2.70 bits per heavy atom. The second kappa shape index (κ2) is 7.32. The minimum atomic E-state index is 0.204. The minimum Gasteiger partial charge on any atom is -0.385 e. The molecule has 0 saturated heterocycles. The highest BCUT2D eigenvalue weighted by atomic mass is 16.2. The molecule has 1 amide bonds. The molecule has 0 aromatic heterocycles. The molecule has 3 nitrogen and oxygen atoms in total. The second-order valence-corrected chi connectivity index (χ2v) is 6.00. The monoisotopic (exact) mass is 308 g/mol. The molecule has 1 heterocycles. The molecule has 1 N–H and O–H groups in total. The van der Waals surface area contributed by atoms with Crippen molar-refractivity contribution in [2.45, 2.75) is 32.6 Å². The van der Waals surface area contributed by atoms with E-state index in [9.17, 15) is 4.79 Å². The molecular weight excluding hydrogens is 284 g/mol. The number of nitrogens with zero attached hydrogens (tertiary/aromatic N) is 1. The SMILES string of the molecule is CCc1ccc(NCCC(=O)N2CCCc3ccccc32)cc1. The van der Waals surface area contributed by atoms with Gasteiger partial charge in [0.2, 0.25) is 5.91 Å². The van der Waals surface area contributed by atoms with Crippen LogP contribution < -0.4 is 10.2 Å². The lowest BCUT2D eigenvalue weighted by Gasteiger charge is -2.29. The molecule has 0 fully saturated rings. The van der Waals surface area contributed by atoms with Crippen LogP contribution >= 0.6 is 0 Å². The summed E-state index contributed by atoms with van der Waals surface area (Å²) in [6.07, 6.45) is 3.69. The molecule has 0 saturated carbocycles. The summed E-state index contributed by atoms with van der Waals surface area (Å²) < 4.78 is 0. The van der Waals surface area contributed by atoms with Crippen LogP contribution in [0.25, 0.3) is 0 Å². The van der Waals surface area contributed by atoms with E-state index in [1.54, 1.807) is 0 Å². The molecule has 0 unspecified atom stereocenters. The number of carbonyl (C=O) groups excluding carboxylic acids is 1. The van der Waals surface area contributed by atoms with Crippen molar-refractivity contribution >= 4 is 17.3 Å². The number of benzene rings is 2. The summed E-state index contributed by atoms with van der Waals surface area (Å²) in [5.74, 6) is 0.204. The van der Waals surface area contributed by atoms with Gasteiger partial charge in [0.1, 0.15) is 0 Å². The van der Waals surface area contributed by atoms with Crippen LogP contribution in [0.2, 0.25) is 0 Å². The van der Waals surface area contributed by atoms with Gasteiger partial charge in [-0.2, -0.15) is 0 Å². The number of amides is 1. The van der Waals surface area contributed by atoms with Gasteiger partial charge in [-0.05, 0) is 48.6 Å². The van der Waals surface area contributed by atoms with Gasteiger partial charge in [0.05, 0.1) is 0 Å². The highest BCUT2D eigenvalue weighted by molar-refractivity contribution is 5.94. The fourth-order valence-corrected chi connectivity index (χ4v) is 3.10. The Labute approximate surface area is 138 Å². The predicted octanol–water partition coefficient (Wildman–Crippen LogP) is 4.03. The molecule has 0 radical (unpaired) electrons. The molecule has 23 heavy (non-hydrogen) atoms. The molecule has 0 aliphatic carbocycles. The Morgan fingerprint density at radius 1 is 1.13 bits per heavy atom. The molecule has 1 aliphatic rings. The van der Waals surface area contributed by atoms with E-state index in [1.165, 1.54) is 11.1 Å². The fraction of sp³-hybridized carbons (Fsp3) is 0.350. The Kier molecular flexibility index (Phi) is 4.96. The van der Waals surface area contributed by atoms with Crippen LogP contribution in [0.1, 0.15) is 30.9 Å². The first-order valence-electron chi connectivity index (χ1n) is 8.49. The standard InChI is InChI=1S/C20H24N2O/c1-2-16-9-11-18(12-10-16)21-14-13-20(23)22-15-5-7-17-6-3-4-8-19(17)22/h3-4,6,8-12,21H,2,5,7,13-15H2,1H3. The van der Waals surface area contributed by atoms with Crippen LogP contribution in [0.4, 0.5) is 11.4 Å². The van der Waals surface area contributed by atoms with Crippen molar-refractivity contribution < 1.29 is 4.79 Å². The molecule has 0 spiro atoms. The van der Waals surface area contributed by atoms with Crippen molar-refractivity contribution in [1.29, 1.82) is 0 Å². The lowest BCUT2D eigenvalue weighted by molar-refractivity contribution is -0.118. The van der Waals surface area contributed by atoms with Gasteiger partial charge in [-0.25, -0.2) is 0 Å². The third-order valence-corrected chi connectivity index (χ3v) is 4.44.